The maximum Gasteiger partial charge on any atom is 0.221 e. The summed E-state index contributed by atoms with van der Waals surface area (Å²) in [5, 5.41) is 0. The molecule has 2 aromatic rings. The van der Waals surface area contributed by atoms with Crippen LogP contribution in [0.1, 0.15) is 24.7 Å². The molecule has 1 aromatic carbocycles. The number of hydrogen-bond donors (Lipinski definition) is 1. The van der Waals surface area contributed by atoms with Gasteiger partial charge in [-0.3, -0.25) is 0 Å². The quantitative estimate of drug-likeness (QED) is 0.793. The van der Waals surface area contributed by atoms with Gasteiger partial charge in [0.25, 0.3) is 0 Å². The summed E-state index contributed by atoms with van der Waals surface area (Å²) in [6.07, 6.45) is 1.76. The molecule has 0 saturated carbocycles. The van der Waals surface area contributed by atoms with Gasteiger partial charge in [-0.15, -0.1) is 0 Å². The number of ether oxygens (including phenoxy) is 2. The Labute approximate surface area is 125 Å². The highest BCUT2D eigenvalue weighted by Crippen LogP contribution is 2.20. The van der Waals surface area contributed by atoms with Crippen LogP contribution in [0, 0.1) is 6.92 Å². The first-order chi connectivity index (χ1) is 10.2. The molecule has 0 aliphatic rings. The molecule has 5 nitrogen and oxygen atoms in total. The number of aryl methyl sites for hydroxylation is 1. The molecule has 0 saturated heterocycles. The summed E-state index contributed by atoms with van der Waals surface area (Å²) in [6.45, 7) is 4.81. The van der Waals surface area contributed by atoms with Crippen molar-refractivity contribution in [3.05, 3.63) is 41.7 Å². The Morgan fingerprint density at radius 3 is 2.48 bits per heavy atom. The summed E-state index contributed by atoms with van der Waals surface area (Å²) >= 11 is 0. The highest BCUT2D eigenvalue weighted by atomic mass is 16.5. The molecule has 0 aliphatic carbocycles. The molecular formula is C16H21N3O2. The molecular weight excluding hydrogens is 266 g/mol. The summed E-state index contributed by atoms with van der Waals surface area (Å²) in [5.74, 6) is 2.57. The van der Waals surface area contributed by atoms with Gasteiger partial charge in [-0.25, -0.2) is 4.98 Å². The first kappa shape index (κ1) is 15.1. The highest BCUT2D eigenvalue weighted by molar-refractivity contribution is 5.44. The number of nitrogens with two attached hydrogens (primary N) is 1. The number of anilines is 1. The summed E-state index contributed by atoms with van der Waals surface area (Å²) in [6, 6.07) is 9.64. The number of rotatable bonds is 7. The molecule has 0 bridgehead atoms. The van der Waals surface area contributed by atoms with Crippen LogP contribution in [0.15, 0.2) is 30.3 Å². The number of para-hydroxylation sites is 1. The lowest BCUT2D eigenvalue weighted by molar-refractivity contribution is 0.210. The van der Waals surface area contributed by atoms with Crippen LogP contribution in [0.5, 0.6) is 11.6 Å². The van der Waals surface area contributed by atoms with Crippen molar-refractivity contribution in [2.75, 3.05) is 18.9 Å². The molecule has 1 aromatic heterocycles. The Hall–Kier alpha value is -2.30. The van der Waals surface area contributed by atoms with Crippen molar-refractivity contribution in [3.8, 4) is 11.6 Å². The van der Waals surface area contributed by atoms with E-state index in [1.807, 2.05) is 37.3 Å². The van der Waals surface area contributed by atoms with E-state index in [1.54, 1.807) is 0 Å². The van der Waals surface area contributed by atoms with Gasteiger partial charge in [0.05, 0.1) is 5.56 Å². The van der Waals surface area contributed by atoms with Crippen LogP contribution in [0.2, 0.25) is 0 Å². The third kappa shape index (κ3) is 4.34. The normalized spacial score (nSPS) is 10.4. The first-order valence-corrected chi connectivity index (χ1v) is 7.14. The topological polar surface area (TPSA) is 70.3 Å². The van der Waals surface area contributed by atoms with Crippen LogP contribution in [0.3, 0.4) is 0 Å². The molecule has 0 unspecified atom stereocenters. The third-order valence-electron chi connectivity index (χ3n) is 2.99. The van der Waals surface area contributed by atoms with Crippen molar-refractivity contribution >= 4 is 5.82 Å². The fourth-order valence-corrected chi connectivity index (χ4v) is 1.85. The second-order valence-corrected chi connectivity index (χ2v) is 4.72. The van der Waals surface area contributed by atoms with Crippen LogP contribution in [-0.4, -0.2) is 23.2 Å². The summed E-state index contributed by atoms with van der Waals surface area (Å²) in [7, 11) is 0. The van der Waals surface area contributed by atoms with Crippen molar-refractivity contribution in [1.82, 2.24) is 9.97 Å². The van der Waals surface area contributed by atoms with Crippen molar-refractivity contribution in [3.63, 3.8) is 0 Å². The zero-order chi connectivity index (χ0) is 15.1. The van der Waals surface area contributed by atoms with Crippen LogP contribution >= 0.6 is 0 Å². The molecule has 5 heteroatoms. The number of aromatic nitrogens is 2. The van der Waals surface area contributed by atoms with Gasteiger partial charge < -0.3 is 15.2 Å². The molecule has 0 atom stereocenters. The smallest absolute Gasteiger partial charge is 0.221 e. The molecule has 1 heterocycles. The Bertz CT molecular complexity index is 573. The lowest BCUT2D eigenvalue weighted by Crippen LogP contribution is -2.12. The van der Waals surface area contributed by atoms with Crippen molar-refractivity contribution < 1.29 is 9.47 Å². The van der Waals surface area contributed by atoms with Gasteiger partial charge in [-0.05, 0) is 25.5 Å². The van der Waals surface area contributed by atoms with Crippen LogP contribution in [0.4, 0.5) is 5.82 Å². The van der Waals surface area contributed by atoms with Gasteiger partial charge in [-0.2, -0.15) is 4.98 Å². The van der Waals surface area contributed by atoms with E-state index >= 15 is 0 Å². The van der Waals surface area contributed by atoms with Gasteiger partial charge in [0.2, 0.25) is 5.88 Å². The second kappa shape index (κ2) is 7.47. The predicted molar refractivity (Wildman–Crippen MR) is 82.6 cm³/mol. The average Bonchev–Trinajstić information content (AvgIpc) is 2.49. The molecule has 0 aliphatic heterocycles. The van der Waals surface area contributed by atoms with Gasteiger partial charge in [-0.1, -0.05) is 25.1 Å². The van der Waals surface area contributed by atoms with Gasteiger partial charge >= 0.3 is 0 Å². The lowest BCUT2D eigenvalue weighted by Gasteiger charge is -2.11. The molecule has 112 valence electrons. The maximum absolute atomic E-state index is 5.88. The van der Waals surface area contributed by atoms with E-state index in [9.17, 15) is 0 Å². The average molecular weight is 287 g/mol. The van der Waals surface area contributed by atoms with Gasteiger partial charge in [0.1, 0.15) is 30.6 Å². The largest absolute Gasteiger partial charge is 0.490 e. The van der Waals surface area contributed by atoms with E-state index in [2.05, 4.69) is 16.9 Å². The van der Waals surface area contributed by atoms with E-state index in [0.29, 0.717) is 24.9 Å². The van der Waals surface area contributed by atoms with Gasteiger partial charge in [0.15, 0.2) is 0 Å². The van der Waals surface area contributed by atoms with E-state index < -0.39 is 0 Å². The molecule has 0 amide bonds. The molecule has 0 fully saturated rings. The first-order valence-electron chi connectivity index (χ1n) is 7.14. The van der Waals surface area contributed by atoms with Crippen LogP contribution in [-0.2, 0) is 6.42 Å². The molecule has 0 spiro atoms. The summed E-state index contributed by atoms with van der Waals surface area (Å²) in [4.78, 5) is 8.65. The summed E-state index contributed by atoms with van der Waals surface area (Å²) < 4.78 is 11.2. The highest BCUT2D eigenvalue weighted by Gasteiger charge is 2.09. The zero-order valence-electron chi connectivity index (χ0n) is 12.5. The molecule has 2 rings (SSSR count). The molecule has 0 radical (unpaired) electrons. The van der Waals surface area contributed by atoms with Crippen molar-refractivity contribution in [2.24, 2.45) is 0 Å². The fraction of sp³-hybridized carbons (Fsp3) is 0.375. The Balaban J connectivity index is 1.90. The van der Waals surface area contributed by atoms with Crippen LogP contribution in [0.25, 0.3) is 0 Å². The number of nitrogen functional groups attached to an aromatic ring is 1. The minimum Gasteiger partial charge on any atom is -0.490 e. The SMILES string of the molecule is CCCc1nc(N)c(C)c(OCCOc2ccccc2)n1. The van der Waals surface area contributed by atoms with Crippen molar-refractivity contribution in [1.29, 1.82) is 0 Å². The second-order valence-electron chi connectivity index (χ2n) is 4.72. The minimum atomic E-state index is 0.414. The number of benzene rings is 1. The lowest BCUT2D eigenvalue weighted by atomic mass is 10.3. The summed E-state index contributed by atoms with van der Waals surface area (Å²) in [5.41, 5.74) is 6.66. The Morgan fingerprint density at radius 1 is 1.05 bits per heavy atom. The Kier molecular flexibility index (Phi) is 5.37. The fourth-order valence-electron chi connectivity index (χ4n) is 1.85. The van der Waals surface area contributed by atoms with Crippen LogP contribution < -0.4 is 15.2 Å². The molecule has 2 N–H and O–H groups in total. The van der Waals surface area contributed by atoms with Crippen molar-refractivity contribution in [2.45, 2.75) is 26.7 Å². The Morgan fingerprint density at radius 2 is 1.76 bits per heavy atom. The maximum atomic E-state index is 5.88. The van der Waals surface area contributed by atoms with Gasteiger partial charge in [0, 0.05) is 6.42 Å². The van der Waals surface area contributed by atoms with E-state index in [0.717, 1.165) is 30.0 Å². The number of nitrogens with zero attached hydrogens (tertiary/aromatic N) is 2. The predicted octanol–water partition coefficient (Wildman–Crippen LogP) is 2.78. The van der Waals surface area contributed by atoms with E-state index in [4.69, 9.17) is 15.2 Å². The zero-order valence-corrected chi connectivity index (χ0v) is 12.5. The molecule has 21 heavy (non-hydrogen) atoms. The third-order valence-corrected chi connectivity index (χ3v) is 2.99. The monoisotopic (exact) mass is 287 g/mol. The van der Waals surface area contributed by atoms with E-state index in [-0.39, 0.29) is 0 Å². The standard InChI is InChI=1S/C16H21N3O2/c1-3-7-14-18-15(17)12(2)16(19-14)21-11-10-20-13-8-5-4-6-9-13/h4-6,8-9H,3,7,10-11H2,1-2H3,(H2,17,18,19). The number of hydrogen-bond acceptors (Lipinski definition) is 5. The van der Waals surface area contributed by atoms with E-state index in [1.165, 1.54) is 0 Å². The minimum absolute atomic E-state index is 0.414.